The molecule has 1 aromatic carbocycles. The number of pyridine rings is 1. The molecule has 5 heteroatoms. The van der Waals surface area contributed by atoms with Crippen LogP contribution in [-0.2, 0) is 11.3 Å². The fraction of sp³-hybridized carbons (Fsp3) is 0.250. The first kappa shape index (κ1) is 14.8. The summed E-state index contributed by atoms with van der Waals surface area (Å²) in [6.07, 6.45) is 1.80. The van der Waals surface area contributed by atoms with Crippen LogP contribution in [-0.4, -0.2) is 22.6 Å². The van der Waals surface area contributed by atoms with Crippen LogP contribution in [0.25, 0.3) is 0 Å². The third-order valence-corrected chi connectivity index (χ3v) is 3.33. The second-order valence-electron chi connectivity index (χ2n) is 4.89. The number of nitrogens with zero attached hydrogens (tertiary/aromatic N) is 2. The molecule has 110 valence electrons. The lowest BCUT2D eigenvalue weighted by molar-refractivity contribution is -0.136. The Kier molecular flexibility index (Phi) is 4.77. The molecule has 1 aromatic heterocycles. The molecule has 0 saturated carbocycles. The Morgan fingerprint density at radius 1 is 1.29 bits per heavy atom. The van der Waals surface area contributed by atoms with E-state index >= 15 is 0 Å². The fourth-order valence-corrected chi connectivity index (χ4v) is 2.16. The number of aryl methyl sites for hydroxylation is 1. The average Bonchev–Trinajstić information content (AvgIpc) is 2.46. The van der Waals surface area contributed by atoms with Gasteiger partial charge >= 0.3 is 5.97 Å². The molecule has 1 heterocycles. The molecular formula is C16H19N3O2. The molecular weight excluding hydrogens is 266 g/mol. The Morgan fingerprint density at radius 2 is 2.05 bits per heavy atom. The molecule has 5 nitrogen and oxygen atoms in total. The van der Waals surface area contributed by atoms with Crippen LogP contribution in [0.2, 0.25) is 0 Å². The highest BCUT2D eigenvalue weighted by Gasteiger charge is 2.13. The largest absolute Gasteiger partial charge is 0.481 e. The lowest BCUT2D eigenvalue weighted by atomic mass is 10.1. The van der Waals surface area contributed by atoms with Crippen LogP contribution in [0.3, 0.4) is 0 Å². The van der Waals surface area contributed by atoms with Crippen molar-refractivity contribution in [3.63, 3.8) is 0 Å². The van der Waals surface area contributed by atoms with Crippen molar-refractivity contribution in [1.29, 1.82) is 0 Å². The summed E-state index contributed by atoms with van der Waals surface area (Å²) in [5.41, 5.74) is 9.48. The summed E-state index contributed by atoms with van der Waals surface area (Å²) in [7, 11) is 0. The number of carboxylic acid groups (broad SMARTS) is 1. The first-order valence-corrected chi connectivity index (χ1v) is 6.79. The monoisotopic (exact) mass is 285 g/mol. The molecule has 0 aliphatic carbocycles. The summed E-state index contributed by atoms with van der Waals surface area (Å²) in [5, 5.41) is 8.93. The number of nitrogens with two attached hydrogens (primary N) is 1. The first-order chi connectivity index (χ1) is 10.1. The quantitative estimate of drug-likeness (QED) is 0.797. The zero-order valence-corrected chi connectivity index (χ0v) is 12.0. The maximum Gasteiger partial charge on any atom is 0.305 e. The zero-order valence-electron chi connectivity index (χ0n) is 12.0. The minimum absolute atomic E-state index is 0.0558. The topological polar surface area (TPSA) is 79.5 Å². The third kappa shape index (κ3) is 3.95. The molecule has 0 spiro atoms. The normalized spacial score (nSPS) is 10.3. The average molecular weight is 285 g/mol. The van der Waals surface area contributed by atoms with Crippen LogP contribution >= 0.6 is 0 Å². The molecule has 0 amide bonds. The Morgan fingerprint density at radius 3 is 2.71 bits per heavy atom. The van der Waals surface area contributed by atoms with Crippen molar-refractivity contribution in [2.24, 2.45) is 0 Å². The maximum atomic E-state index is 10.9. The van der Waals surface area contributed by atoms with Crippen molar-refractivity contribution >= 4 is 17.3 Å². The highest BCUT2D eigenvalue weighted by Crippen LogP contribution is 2.24. The number of carboxylic acids is 1. The van der Waals surface area contributed by atoms with Crippen LogP contribution in [0.5, 0.6) is 0 Å². The predicted molar refractivity (Wildman–Crippen MR) is 83.1 cm³/mol. The molecule has 2 rings (SSSR count). The van der Waals surface area contributed by atoms with E-state index in [2.05, 4.69) is 4.98 Å². The Labute approximate surface area is 124 Å². The summed E-state index contributed by atoms with van der Waals surface area (Å²) in [5.74, 6) is -0.827. The fourth-order valence-electron chi connectivity index (χ4n) is 2.16. The van der Waals surface area contributed by atoms with Gasteiger partial charge in [0.2, 0.25) is 0 Å². The SMILES string of the molecule is Cc1cccnc1CN(CCC(=O)O)c1ccccc1N. The van der Waals surface area contributed by atoms with Crippen molar-refractivity contribution in [1.82, 2.24) is 4.98 Å². The minimum Gasteiger partial charge on any atom is -0.481 e. The van der Waals surface area contributed by atoms with Gasteiger partial charge in [-0.25, -0.2) is 0 Å². The number of rotatable bonds is 6. The molecule has 0 atom stereocenters. The van der Waals surface area contributed by atoms with Crippen molar-refractivity contribution in [3.8, 4) is 0 Å². The standard InChI is InChI=1S/C16H19N3O2/c1-12-5-4-9-18-14(12)11-19(10-8-16(20)21)15-7-3-2-6-13(15)17/h2-7,9H,8,10-11,17H2,1H3,(H,20,21). The van der Waals surface area contributed by atoms with E-state index in [0.29, 0.717) is 18.8 Å². The van der Waals surface area contributed by atoms with Gasteiger partial charge < -0.3 is 15.7 Å². The summed E-state index contributed by atoms with van der Waals surface area (Å²) in [6, 6.07) is 11.3. The van der Waals surface area contributed by atoms with Gasteiger partial charge in [-0.15, -0.1) is 0 Å². The maximum absolute atomic E-state index is 10.9. The summed E-state index contributed by atoms with van der Waals surface area (Å²) >= 11 is 0. The van der Waals surface area contributed by atoms with Gasteiger partial charge in [0.25, 0.3) is 0 Å². The number of carbonyl (C=O) groups is 1. The summed E-state index contributed by atoms with van der Waals surface area (Å²) in [4.78, 5) is 17.2. The number of anilines is 2. The van der Waals surface area contributed by atoms with Crippen molar-refractivity contribution in [2.45, 2.75) is 19.9 Å². The molecule has 0 saturated heterocycles. The second kappa shape index (κ2) is 6.74. The lowest BCUT2D eigenvalue weighted by Crippen LogP contribution is -2.27. The Balaban J connectivity index is 2.26. The summed E-state index contributed by atoms with van der Waals surface area (Å²) in [6.45, 7) is 2.92. The van der Waals surface area contributed by atoms with E-state index in [1.807, 2.05) is 48.2 Å². The van der Waals surface area contributed by atoms with Gasteiger partial charge in [-0.3, -0.25) is 9.78 Å². The van der Waals surface area contributed by atoms with Gasteiger partial charge in [-0.1, -0.05) is 18.2 Å². The Hall–Kier alpha value is -2.56. The van der Waals surface area contributed by atoms with E-state index in [-0.39, 0.29) is 6.42 Å². The zero-order chi connectivity index (χ0) is 15.2. The van der Waals surface area contributed by atoms with E-state index in [1.54, 1.807) is 6.20 Å². The smallest absolute Gasteiger partial charge is 0.305 e. The highest BCUT2D eigenvalue weighted by molar-refractivity contribution is 5.70. The van der Waals surface area contributed by atoms with Crippen LogP contribution in [0, 0.1) is 6.92 Å². The van der Waals surface area contributed by atoms with Gasteiger partial charge in [-0.2, -0.15) is 0 Å². The molecule has 21 heavy (non-hydrogen) atoms. The van der Waals surface area contributed by atoms with E-state index in [4.69, 9.17) is 10.8 Å². The van der Waals surface area contributed by atoms with E-state index in [9.17, 15) is 4.79 Å². The van der Waals surface area contributed by atoms with E-state index < -0.39 is 5.97 Å². The number of hydrogen-bond acceptors (Lipinski definition) is 4. The van der Waals surface area contributed by atoms with Gasteiger partial charge in [0.05, 0.1) is 30.0 Å². The molecule has 2 aromatic rings. The second-order valence-corrected chi connectivity index (χ2v) is 4.89. The van der Waals surface area contributed by atoms with Crippen LogP contribution in [0.1, 0.15) is 17.7 Å². The number of para-hydroxylation sites is 2. The van der Waals surface area contributed by atoms with Crippen LogP contribution < -0.4 is 10.6 Å². The molecule has 0 aliphatic heterocycles. The lowest BCUT2D eigenvalue weighted by Gasteiger charge is -2.25. The van der Waals surface area contributed by atoms with Crippen molar-refractivity contribution in [2.75, 3.05) is 17.2 Å². The molecule has 0 radical (unpaired) electrons. The third-order valence-electron chi connectivity index (χ3n) is 3.33. The Bertz CT molecular complexity index is 628. The van der Waals surface area contributed by atoms with Crippen molar-refractivity contribution < 1.29 is 9.90 Å². The van der Waals surface area contributed by atoms with Gasteiger partial charge in [0.1, 0.15) is 0 Å². The van der Waals surface area contributed by atoms with Gasteiger partial charge in [0.15, 0.2) is 0 Å². The number of aromatic nitrogens is 1. The first-order valence-electron chi connectivity index (χ1n) is 6.79. The number of benzene rings is 1. The number of aliphatic carboxylic acids is 1. The number of hydrogen-bond donors (Lipinski definition) is 2. The van der Waals surface area contributed by atoms with Crippen LogP contribution in [0.15, 0.2) is 42.6 Å². The van der Waals surface area contributed by atoms with Crippen molar-refractivity contribution in [3.05, 3.63) is 53.9 Å². The van der Waals surface area contributed by atoms with Crippen LogP contribution in [0.4, 0.5) is 11.4 Å². The predicted octanol–water partition coefficient (Wildman–Crippen LogP) is 2.45. The molecule has 3 N–H and O–H groups in total. The molecule has 0 bridgehead atoms. The summed E-state index contributed by atoms with van der Waals surface area (Å²) < 4.78 is 0. The minimum atomic E-state index is -0.827. The molecule has 0 aliphatic rings. The molecule has 0 fully saturated rings. The van der Waals surface area contributed by atoms with Gasteiger partial charge in [0, 0.05) is 12.7 Å². The highest BCUT2D eigenvalue weighted by atomic mass is 16.4. The van der Waals surface area contributed by atoms with Gasteiger partial charge in [-0.05, 0) is 30.7 Å². The number of nitrogen functional groups attached to an aromatic ring is 1. The molecule has 0 unspecified atom stereocenters. The van der Waals surface area contributed by atoms with E-state index in [1.165, 1.54) is 0 Å². The van der Waals surface area contributed by atoms with E-state index in [0.717, 1.165) is 16.9 Å².